The first-order chi connectivity index (χ1) is 7.13. The number of nitrogens with zero attached hydrogens (tertiary/aromatic N) is 1. The lowest BCUT2D eigenvalue weighted by Crippen LogP contribution is -2.39. The number of hydrogen-bond acceptors (Lipinski definition) is 5. The van der Waals surface area contributed by atoms with E-state index >= 15 is 0 Å². The minimum Gasteiger partial charge on any atom is -0.391 e. The third-order valence-electron chi connectivity index (χ3n) is 2.46. The zero-order valence-corrected chi connectivity index (χ0v) is 9.78. The van der Waals surface area contributed by atoms with Crippen LogP contribution in [0.1, 0.15) is 24.6 Å². The van der Waals surface area contributed by atoms with Crippen LogP contribution in [0.5, 0.6) is 0 Å². The third kappa shape index (κ3) is 4.25. The summed E-state index contributed by atoms with van der Waals surface area (Å²) in [6.45, 7) is 1.96. The summed E-state index contributed by atoms with van der Waals surface area (Å²) in [7, 11) is 0. The van der Waals surface area contributed by atoms with Crippen molar-refractivity contribution in [3.63, 3.8) is 0 Å². The van der Waals surface area contributed by atoms with Crippen molar-refractivity contribution < 1.29 is 5.11 Å². The highest BCUT2D eigenvalue weighted by molar-refractivity contribution is 7.09. The van der Waals surface area contributed by atoms with Crippen molar-refractivity contribution in [2.45, 2.75) is 44.4 Å². The predicted molar refractivity (Wildman–Crippen MR) is 62.7 cm³/mol. The van der Waals surface area contributed by atoms with Crippen molar-refractivity contribution in [1.29, 1.82) is 0 Å². The lowest BCUT2D eigenvalue weighted by atomic mass is 10.00. The average Bonchev–Trinajstić information content (AvgIpc) is 2.68. The second-order valence-corrected chi connectivity index (χ2v) is 4.78. The number of thiazole rings is 1. The van der Waals surface area contributed by atoms with Gasteiger partial charge in [-0.25, -0.2) is 0 Å². The fourth-order valence-electron chi connectivity index (χ4n) is 1.44. The minimum atomic E-state index is -0.502. The van der Waals surface area contributed by atoms with Gasteiger partial charge >= 0.3 is 0 Å². The van der Waals surface area contributed by atoms with Gasteiger partial charge in [-0.2, -0.15) is 0 Å². The van der Waals surface area contributed by atoms with Crippen LogP contribution in [0, 0.1) is 0 Å². The molecule has 0 aliphatic heterocycles. The van der Waals surface area contributed by atoms with Crippen LogP contribution in [0.15, 0.2) is 11.7 Å². The van der Waals surface area contributed by atoms with E-state index in [9.17, 15) is 5.11 Å². The SMILES string of the molecule is CCC(N)C(O)CC(N)Cc1cncs1. The Hall–Kier alpha value is -0.490. The van der Waals surface area contributed by atoms with Gasteiger partial charge in [0.1, 0.15) is 0 Å². The summed E-state index contributed by atoms with van der Waals surface area (Å²) in [5.41, 5.74) is 13.4. The number of aromatic nitrogens is 1. The molecule has 1 aromatic heterocycles. The van der Waals surface area contributed by atoms with Crippen molar-refractivity contribution in [2.24, 2.45) is 11.5 Å². The van der Waals surface area contributed by atoms with Crippen LogP contribution in [0.25, 0.3) is 0 Å². The zero-order valence-electron chi connectivity index (χ0n) is 8.97. The van der Waals surface area contributed by atoms with Crippen molar-refractivity contribution in [1.82, 2.24) is 4.98 Å². The fourth-order valence-corrected chi connectivity index (χ4v) is 2.13. The maximum Gasteiger partial charge on any atom is 0.0794 e. The summed E-state index contributed by atoms with van der Waals surface area (Å²) >= 11 is 1.59. The molecule has 0 aliphatic rings. The first-order valence-electron chi connectivity index (χ1n) is 5.20. The van der Waals surface area contributed by atoms with Crippen LogP contribution in [0.2, 0.25) is 0 Å². The third-order valence-corrected chi connectivity index (χ3v) is 3.26. The Morgan fingerprint density at radius 1 is 1.53 bits per heavy atom. The van der Waals surface area contributed by atoms with E-state index in [2.05, 4.69) is 4.98 Å². The predicted octanol–water partition coefficient (Wildman–Crippen LogP) is 0.501. The lowest BCUT2D eigenvalue weighted by molar-refractivity contribution is 0.125. The standard InChI is InChI=1S/C10H19N3OS/c1-2-9(12)10(14)4-7(11)3-8-5-13-6-15-8/h5-7,9-10,14H,2-4,11-12H2,1H3. The normalized spacial score (nSPS) is 17.3. The lowest BCUT2D eigenvalue weighted by Gasteiger charge is -2.20. The van der Waals surface area contributed by atoms with Gasteiger partial charge in [0.15, 0.2) is 0 Å². The number of aliphatic hydroxyl groups is 1. The molecule has 0 fully saturated rings. The van der Waals surface area contributed by atoms with Gasteiger partial charge < -0.3 is 16.6 Å². The summed E-state index contributed by atoms with van der Waals surface area (Å²) in [6.07, 6.45) is 3.40. The molecule has 0 amide bonds. The van der Waals surface area contributed by atoms with Crippen LogP contribution in [-0.4, -0.2) is 28.3 Å². The molecule has 1 heterocycles. The number of aliphatic hydroxyl groups excluding tert-OH is 1. The van der Waals surface area contributed by atoms with E-state index in [0.29, 0.717) is 6.42 Å². The summed E-state index contributed by atoms with van der Waals surface area (Å²) < 4.78 is 0. The van der Waals surface area contributed by atoms with Crippen LogP contribution in [0.3, 0.4) is 0 Å². The van der Waals surface area contributed by atoms with Crippen molar-refractivity contribution >= 4 is 11.3 Å². The molecule has 5 N–H and O–H groups in total. The molecule has 4 nitrogen and oxygen atoms in total. The van der Waals surface area contributed by atoms with Crippen molar-refractivity contribution in [3.05, 3.63) is 16.6 Å². The van der Waals surface area contributed by atoms with Crippen molar-refractivity contribution in [2.75, 3.05) is 0 Å². The number of nitrogens with two attached hydrogens (primary N) is 2. The Labute approximate surface area is 94.3 Å². The molecule has 0 saturated carbocycles. The molecule has 15 heavy (non-hydrogen) atoms. The van der Waals surface area contributed by atoms with Crippen LogP contribution >= 0.6 is 11.3 Å². The summed E-state index contributed by atoms with van der Waals surface area (Å²) in [4.78, 5) is 5.13. The highest BCUT2D eigenvalue weighted by atomic mass is 32.1. The molecule has 0 aliphatic carbocycles. The Morgan fingerprint density at radius 2 is 2.27 bits per heavy atom. The summed E-state index contributed by atoms with van der Waals surface area (Å²) in [6, 6.07) is -0.212. The van der Waals surface area contributed by atoms with E-state index in [1.54, 1.807) is 16.8 Å². The molecule has 0 radical (unpaired) electrons. The molecule has 1 rings (SSSR count). The van der Waals surface area contributed by atoms with Crippen molar-refractivity contribution in [3.8, 4) is 0 Å². The molecule has 3 unspecified atom stereocenters. The first kappa shape index (κ1) is 12.6. The Kier molecular flexibility index (Phi) is 5.17. The maximum absolute atomic E-state index is 9.70. The van der Waals surface area contributed by atoms with Gasteiger partial charge in [-0.15, -0.1) is 11.3 Å². The molecule has 0 saturated heterocycles. The van der Waals surface area contributed by atoms with E-state index in [1.807, 2.05) is 13.1 Å². The van der Waals surface area contributed by atoms with E-state index < -0.39 is 6.10 Å². The van der Waals surface area contributed by atoms with E-state index in [4.69, 9.17) is 11.5 Å². The van der Waals surface area contributed by atoms with Gasteiger partial charge in [-0.3, -0.25) is 4.98 Å². The van der Waals surface area contributed by atoms with Crippen LogP contribution < -0.4 is 11.5 Å². The molecule has 3 atom stereocenters. The molecular formula is C10H19N3OS. The molecule has 1 aromatic rings. The fraction of sp³-hybridized carbons (Fsp3) is 0.700. The second kappa shape index (κ2) is 6.17. The van der Waals surface area contributed by atoms with Crippen LogP contribution in [-0.2, 0) is 6.42 Å². The molecule has 5 heteroatoms. The highest BCUT2D eigenvalue weighted by Crippen LogP contribution is 2.11. The molecule has 0 spiro atoms. The maximum atomic E-state index is 9.70. The smallest absolute Gasteiger partial charge is 0.0794 e. The number of rotatable bonds is 6. The molecule has 86 valence electrons. The Balaban J connectivity index is 2.32. The molecule has 0 bridgehead atoms. The van der Waals surface area contributed by atoms with Gasteiger partial charge in [-0.05, 0) is 19.3 Å². The summed E-state index contributed by atoms with van der Waals surface area (Å²) in [5.74, 6) is 0. The first-order valence-corrected chi connectivity index (χ1v) is 6.08. The summed E-state index contributed by atoms with van der Waals surface area (Å²) in [5, 5.41) is 9.70. The van der Waals surface area contributed by atoms with Gasteiger partial charge in [0.2, 0.25) is 0 Å². The monoisotopic (exact) mass is 229 g/mol. The highest BCUT2D eigenvalue weighted by Gasteiger charge is 2.17. The Morgan fingerprint density at radius 3 is 2.80 bits per heavy atom. The van der Waals surface area contributed by atoms with Crippen LogP contribution in [0.4, 0.5) is 0 Å². The zero-order chi connectivity index (χ0) is 11.3. The van der Waals surface area contributed by atoms with Gasteiger partial charge in [0.25, 0.3) is 0 Å². The van der Waals surface area contributed by atoms with Gasteiger partial charge in [0, 0.05) is 23.2 Å². The quantitative estimate of drug-likeness (QED) is 0.663. The molecular weight excluding hydrogens is 210 g/mol. The average molecular weight is 229 g/mol. The van der Waals surface area contributed by atoms with E-state index in [0.717, 1.165) is 17.7 Å². The Bertz CT molecular complexity index is 266. The van der Waals surface area contributed by atoms with E-state index in [-0.39, 0.29) is 12.1 Å². The topological polar surface area (TPSA) is 85.2 Å². The van der Waals surface area contributed by atoms with Gasteiger partial charge in [-0.1, -0.05) is 6.92 Å². The largest absolute Gasteiger partial charge is 0.391 e. The number of hydrogen-bond donors (Lipinski definition) is 3. The van der Waals surface area contributed by atoms with E-state index in [1.165, 1.54) is 0 Å². The molecule has 0 aromatic carbocycles. The van der Waals surface area contributed by atoms with Gasteiger partial charge in [0.05, 0.1) is 11.6 Å². The second-order valence-electron chi connectivity index (χ2n) is 3.81. The minimum absolute atomic E-state index is 0.0435.